The first-order valence-electron chi connectivity index (χ1n) is 11.0. The van der Waals surface area contributed by atoms with Crippen LogP contribution < -0.4 is 10.2 Å². The Morgan fingerprint density at radius 1 is 0.844 bits per heavy atom. The van der Waals surface area contributed by atoms with E-state index >= 15 is 0 Å². The number of aromatic nitrogens is 2. The van der Waals surface area contributed by atoms with E-state index in [9.17, 15) is 0 Å². The molecular weight excluding hydrogens is 412 g/mol. The van der Waals surface area contributed by atoms with E-state index in [1.807, 2.05) is 24.4 Å². The number of rotatable bonds is 5. The Bertz CT molecular complexity index is 1200. The van der Waals surface area contributed by atoms with Crippen LogP contribution >= 0.6 is 12.2 Å². The van der Waals surface area contributed by atoms with Gasteiger partial charge in [0.2, 0.25) is 0 Å². The van der Waals surface area contributed by atoms with Crippen LogP contribution in [-0.2, 0) is 0 Å². The topological polar surface area (TPSA) is 33.1 Å². The number of thiocarbonyl (C=S) groups is 1. The van der Waals surface area contributed by atoms with Crippen LogP contribution in [0.3, 0.4) is 0 Å². The summed E-state index contributed by atoms with van der Waals surface area (Å²) >= 11 is 5.87. The van der Waals surface area contributed by atoms with E-state index in [-0.39, 0.29) is 12.1 Å². The molecule has 0 saturated carbocycles. The zero-order valence-corrected chi connectivity index (χ0v) is 19.0. The molecule has 0 spiro atoms. The number of pyridine rings is 1. The molecule has 1 fully saturated rings. The SMILES string of the molecule is CC(C)c1ccc(N2C(=S)NC(c3ccccn3)C2c2cccn2-c2ccccc2)cc1. The quantitative estimate of drug-likeness (QED) is 0.378. The van der Waals surface area contributed by atoms with Gasteiger partial charge in [0.15, 0.2) is 5.11 Å². The zero-order valence-electron chi connectivity index (χ0n) is 18.2. The van der Waals surface area contributed by atoms with Crippen LogP contribution in [-0.4, -0.2) is 14.7 Å². The van der Waals surface area contributed by atoms with Crippen LogP contribution in [0.25, 0.3) is 5.69 Å². The molecule has 2 unspecified atom stereocenters. The van der Waals surface area contributed by atoms with Gasteiger partial charge in [-0.05, 0) is 72.2 Å². The Balaban J connectivity index is 1.64. The monoisotopic (exact) mass is 438 g/mol. The maximum absolute atomic E-state index is 5.87. The Morgan fingerprint density at radius 2 is 1.59 bits per heavy atom. The van der Waals surface area contributed by atoms with Crippen LogP contribution in [0.5, 0.6) is 0 Å². The highest BCUT2D eigenvalue weighted by Gasteiger charge is 2.42. The van der Waals surface area contributed by atoms with Gasteiger partial charge in [-0.15, -0.1) is 0 Å². The molecule has 5 rings (SSSR count). The van der Waals surface area contributed by atoms with E-state index in [2.05, 4.69) is 107 Å². The van der Waals surface area contributed by atoms with E-state index in [0.29, 0.717) is 11.0 Å². The summed E-state index contributed by atoms with van der Waals surface area (Å²) in [5, 5.41) is 4.27. The van der Waals surface area contributed by atoms with Crippen LogP contribution in [0, 0.1) is 0 Å². The summed E-state index contributed by atoms with van der Waals surface area (Å²) in [5.74, 6) is 0.486. The summed E-state index contributed by atoms with van der Waals surface area (Å²) in [6.07, 6.45) is 3.95. The number of para-hydroxylation sites is 1. The standard InChI is InChI=1S/C27H26N4S/c1-19(2)20-13-15-22(16-14-20)31-26(25(29-27(31)32)23-11-6-7-17-28-23)24-12-8-18-30(24)21-9-4-3-5-10-21/h3-19,25-26H,1-2H3,(H,29,32). The lowest BCUT2D eigenvalue weighted by Gasteiger charge is -2.29. The molecule has 0 amide bonds. The molecule has 2 aromatic heterocycles. The van der Waals surface area contributed by atoms with Crippen molar-refractivity contribution in [2.24, 2.45) is 0 Å². The molecule has 2 aromatic carbocycles. The molecule has 1 saturated heterocycles. The van der Waals surface area contributed by atoms with Crippen molar-refractivity contribution in [2.75, 3.05) is 4.90 Å². The minimum atomic E-state index is -0.0640. The van der Waals surface area contributed by atoms with Crippen LogP contribution in [0.2, 0.25) is 0 Å². The molecule has 0 aliphatic carbocycles. The number of nitrogens with one attached hydrogen (secondary N) is 1. The fraction of sp³-hybridized carbons (Fsp3) is 0.185. The largest absolute Gasteiger partial charge is 0.351 e. The molecule has 3 heterocycles. The Morgan fingerprint density at radius 3 is 2.28 bits per heavy atom. The van der Waals surface area contributed by atoms with Crippen LogP contribution in [0.4, 0.5) is 5.69 Å². The molecular formula is C27H26N4S. The Hall–Kier alpha value is -3.44. The number of hydrogen-bond donors (Lipinski definition) is 1. The molecule has 4 nitrogen and oxygen atoms in total. The molecule has 4 aromatic rings. The predicted octanol–water partition coefficient (Wildman–Crippen LogP) is 6.17. The average Bonchev–Trinajstić information content (AvgIpc) is 3.44. The fourth-order valence-corrected chi connectivity index (χ4v) is 4.76. The highest BCUT2D eigenvalue weighted by atomic mass is 32.1. The summed E-state index contributed by atoms with van der Waals surface area (Å²) < 4.78 is 2.24. The molecule has 1 aliphatic rings. The van der Waals surface area contributed by atoms with Crippen LogP contribution in [0.1, 0.15) is 48.8 Å². The van der Waals surface area contributed by atoms with Crippen molar-refractivity contribution < 1.29 is 0 Å². The van der Waals surface area contributed by atoms with Crippen molar-refractivity contribution >= 4 is 23.0 Å². The van der Waals surface area contributed by atoms with Gasteiger partial charge in [0.25, 0.3) is 0 Å². The summed E-state index contributed by atoms with van der Waals surface area (Å²) in [7, 11) is 0. The zero-order chi connectivity index (χ0) is 22.1. The third-order valence-corrected chi connectivity index (χ3v) is 6.37. The van der Waals surface area contributed by atoms with Crippen molar-refractivity contribution in [1.82, 2.24) is 14.9 Å². The van der Waals surface area contributed by atoms with Crippen molar-refractivity contribution in [3.8, 4) is 5.69 Å². The summed E-state index contributed by atoms with van der Waals surface area (Å²) in [6, 6.07) is 29.4. The highest BCUT2D eigenvalue weighted by molar-refractivity contribution is 7.80. The lowest BCUT2D eigenvalue weighted by atomic mass is 9.99. The van der Waals surface area contributed by atoms with Gasteiger partial charge in [0, 0.05) is 29.5 Å². The maximum Gasteiger partial charge on any atom is 0.174 e. The number of benzene rings is 2. The minimum Gasteiger partial charge on any atom is -0.351 e. The van der Waals surface area contributed by atoms with Crippen molar-refractivity contribution in [3.05, 3.63) is 114 Å². The maximum atomic E-state index is 5.87. The summed E-state index contributed by atoms with van der Waals surface area (Å²) in [5.41, 5.74) is 5.66. The van der Waals surface area contributed by atoms with Crippen molar-refractivity contribution in [2.45, 2.75) is 31.8 Å². The first kappa shape index (κ1) is 20.5. The normalized spacial score (nSPS) is 18.2. The number of nitrogens with zero attached hydrogens (tertiary/aromatic N) is 3. The average molecular weight is 439 g/mol. The fourth-order valence-electron chi connectivity index (χ4n) is 4.41. The molecule has 0 radical (unpaired) electrons. The van der Waals surface area contributed by atoms with E-state index in [1.54, 1.807) is 0 Å². The number of hydrogen-bond acceptors (Lipinski definition) is 2. The van der Waals surface area contributed by atoms with E-state index in [0.717, 1.165) is 22.8 Å². The second-order valence-corrected chi connectivity index (χ2v) is 8.77. The Labute approximate surface area is 194 Å². The van der Waals surface area contributed by atoms with Gasteiger partial charge in [0.1, 0.15) is 6.04 Å². The summed E-state index contributed by atoms with van der Waals surface area (Å²) in [4.78, 5) is 6.89. The van der Waals surface area contributed by atoms with Gasteiger partial charge in [-0.3, -0.25) is 4.98 Å². The van der Waals surface area contributed by atoms with Gasteiger partial charge in [-0.2, -0.15) is 0 Å². The molecule has 1 N–H and O–H groups in total. The highest BCUT2D eigenvalue weighted by Crippen LogP contribution is 2.42. The predicted molar refractivity (Wildman–Crippen MR) is 134 cm³/mol. The first-order valence-corrected chi connectivity index (χ1v) is 11.4. The third kappa shape index (κ3) is 3.69. The first-order chi connectivity index (χ1) is 15.6. The number of anilines is 1. The molecule has 0 bridgehead atoms. The van der Waals surface area contributed by atoms with Crippen LogP contribution in [0.15, 0.2) is 97.3 Å². The lowest BCUT2D eigenvalue weighted by Crippen LogP contribution is -2.30. The molecule has 32 heavy (non-hydrogen) atoms. The van der Waals surface area contributed by atoms with E-state index in [4.69, 9.17) is 12.2 Å². The third-order valence-electron chi connectivity index (χ3n) is 6.05. The van der Waals surface area contributed by atoms with Gasteiger partial charge in [-0.25, -0.2) is 0 Å². The molecule has 2 atom stereocenters. The van der Waals surface area contributed by atoms with E-state index in [1.165, 1.54) is 5.56 Å². The smallest absolute Gasteiger partial charge is 0.174 e. The van der Waals surface area contributed by atoms with Gasteiger partial charge in [-0.1, -0.05) is 50.2 Å². The van der Waals surface area contributed by atoms with Crippen molar-refractivity contribution in [3.63, 3.8) is 0 Å². The Kier molecular flexibility index (Phi) is 5.50. The van der Waals surface area contributed by atoms with Gasteiger partial charge >= 0.3 is 0 Å². The van der Waals surface area contributed by atoms with Gasteiger partial charge < -0.3 is 14.8 Å². The van der Waals surface area contributed by atoms with E-state index < -0.39 is 0 Å². The molecule has 5 heteroatoms. The lowest BCUT2D eigenvalue weighted by molar-refractivity contribution is 0.549. The van der Waals surface area contributed by atoms with Gasteiger partial charge in [0.05, 0.1) is 11.7 Å². The second-order valence-electron chi connectivity index (χ2n) is 8.38. The summed E-state index contributed by atoms with van der Waals surface area (Å²) in [6.45, 7) is 4.42. The molecule has 160 valence electrons. The molecule has 1 aliphatic heterocycles. The minimum absolute atomic E-state index is 0.0440. The van der Waals surface area contributed by atoms with Crippen molar-refractivity contribution in [1.29, 1.82) is 0 Å². The second kappa shape index (κ2) is 8.60.